The molecule has 3 aromatic heterocycles. The van der Waals surface area contributed by atoms with E-state index in [2.05, 4.69) is 39.5 Å². The van der Waals surface area contributed by atoms with Gasteiger partial charge < -0.3 is 19.7 Å². The summed E-state index contributed by atoms with van der Waals surface area (Å²) in [6.45, 7) is 6.62. The minimum atomic E-state index is -1.18. The van der Waals surface area contributed by atoms with E-state index in [-0.39, 0.29) is 16.5 Å². The number of thiazole rings is 1. The Morgan fingerprint density at radius 1 is 1.33 bits per heavy atom. The Hall–Kier alpha value is -3.44. The first-order chi connectivity index (χ1) is 17.4. The molecule has 188 valence electrons. The quantitative estimate of drug-likeness (QED) is 0.351. The van der Waals surface area contributed by atoms with Gasteiger partial charge in [0.15, 0.2) is 5.76 Å². The lowest BCUT2D eigenvalue weighted by molar-refractivity contribution is 0.0696. The number of nitrogens with zero attached hydrogens (tertiary/aromatic N) is 4. The predicted octanol–water partition coefficient (Wildman–Crippen LogP) is 4.55. The highest BCUT2D eigenvalue weighted by Gasteiger charge is 2.46. The number of pyridine rings is 1. The number of nitrogens with one attached hydrogen (secondary N) is 1. The number of ether oxygens (including phenoxy) is 1. The first-order valence-electron chi connectivity index (χ1n) is 11.8. The van der Waals surface area contributed by atoms with Crippen molar-refractivity contribution in [3.8, 4) is 16.5 Å². The number of fused-ring (bicyclic) bond motifs is 1. The number of hydrogen-bond acceptors (Lipinski definition) is 9. The van der Waals surface area contributed by atoms with E-state index >= 15 is 0 Å². The number of aromatic nitrogens is 4. The molecule has 0 amide bonds. The van der Waals surface area contributed by atoms with Crippen LogP contribution in [0.25, 0.3) is 21.6 Å². The molecule has 1 saturated heterocycles. The fourth-order valence-corrected chi connectivity index (χ4v) is 5.95. The zero-order valence-electron chi connectivity index (χ0n) is 19.9. The van der Waals surface area contributed by atoms with Crippen LogP contribution in [0.2, 0.25) is 0 Å². The van der Waals surface area contributed by atoms with Crippen molar-refractivity contribution in [2.75, 3.05) is 19.7 Å². The van der Waals surface area contributed by atoms with Crippen molar-refractivity contribution in [2.24, 2.45) is 11.8 Å². The summed E-state index contributed by atoms with van der Waals surface area (Å²) >= 11 is 1.29. The molecule has 1 aliphatic heterocycles. The van der Waals surface area contributed by atoms with Crippen LogP contribution in [0.5, 0.6) is 5.19 Å². The molecule has 0 saturated carbocycles. The molecule has 4 heterocycles. The molecule has 11 heteroatoms. The number of benzene rings is 1. The zero-order chi connectivity index (χ0) is 25.3. The number of rotatable bonds is 8. The molecule has 4 aromatic rings. The molecule has 1 aliphatic rings. The summed E-state index contributed by atoms with van der Waals surface area (Å²) in [5, 5.41) is 20.7. The van der Waals surface area contributed by atoms with Gasteiger partial charge in [0.1, 0.15) is 16.2 Å². The molecule has 2 unspecified atom stereocenters. The number of carboxylic acids is 1. The summed E-state index contributed by atoms with van der Waals surface area (Å²) in [4.78, 5) is 20.8. The van der Waals surface area contributed by atoms with Crippen LogP contribution >= 0.6 is 11.3 Å². The molecule has 0 aliphatic carbocycles. The Morgan fingerprint density at radius 2 is 2.19 bits per heavy atom. The van der Waals surface area contributed by atoms with Crippen molar-refractivity contribution < 1.29 is 23.6 Å². The highest BCUT2D eigenvalue weighted by atomic mass is 32.1. The van der Waals surface area contributed by atoms with Crippen molar-refractivity contribution in [3.63, 3.8) is 0 Å². The Bertz CT molecular complexity index is 1380. The van der Waals surface area contributed by atoms with E-state index in [0.717, 1.165) is 37.8 Å². The summed E-state index contributed by atoms with van der Waals surface area (Å²) in [6, 6.07) is 7.20. The number of carbonyl (C=O) groups is 1. The topological polar surface area (TPSA) is 123 Å². The van der Waals surface area contributed by atoms with Crippen molar-refractivity contribution in [1.29, 1.82) is 0 Å². The summed E-state index contributed by atoms with van der Waals surface area (Å²) in [5.74, 6) is -0.266. The van der Waals surface area contributed by atoms with Gasteiger partial charge >= 0.3 is 5.97 Å². The van der Waals surface area contributed by atoms with Gasteiger partial charge in [0.2, 0.25) is 0 Å². The van der Waals surface area contributed by atoms with Crippen LogP contribution in [-0.2, 0) is 5.41 Å². The molecule has 5 rings (SSSR count). The van der Waals surface area contributed by atoms with Crippen LogP contribution in [0.3, 0.4) is 0 Å². The lowest BCUT2D eigenvalue weighted by Crippen LogP contribution is -2.50. The third-order valence-corrected chi connectivity index (χ3v) is 7.86. The van der Waals surface area contributed by atoms with Gasteiger partial charge in [0, 0.05) is 16.2 Å². The normalized spacial score (nSPS) is 20.2. The lowest BCUT2D eigenvalue weighted by atomic mass is 9.63. The monoisotopic (exact) mass is 511 g/mol. The largest absolute Gasteiger partial charge is 0.478 e. The minimum Gasteiger partial charge on any atom is -0.478 e. The van der Waals surface area contributed by atoms with E-state index in [9.17, 15) is 9.18 Å². The fourth-order valence-electron chi connectivity index (χ4n) is 5.13. The first-order valence-corrected chi connectivity index (χ1v) is 12.6. The second kappa shape index (κ2) is 9.90. The first kappa shape index (κ1) is 24.3. The third-order valence-electron chi connectivity index (χ3n) is 6.98. The molecule has 2 atom stereocenters. The second-order valence-electron chi connectivity index (χ2n) is 9.34. The number of piperidine rings is 1. The molecule has 1 fully saturated rings. The molecule has 9 nitrogen and oxygen atoms in total. The van der Waals surface area contributed by atoms with Crippen LogP contribution in [0.15, 0.2) is 41.1 Å². The van der Waals surface area contributed by atoms with Gasteiger partial charge in [-0.25, -0.2) is 19.2 Å². The van der Waals surface area contributed by atoms with Gasteiger partial charge in [-0.15, -0.1) is 5.10 Å². The molecule has 0 bridgehead atoms. The van der Waals surface area contributed by atoms with E-state index < -0.39 is 11.8 Å². The molecule has 36 heavy (non-hydrogen) atoms. The van der Waals surface area contributed by atoms with Crippen molar-refractivity contribution in [1.82, 2.24) is 25.7 Å². The Morgan fingerprint density at radius 3 is 2.92 bits per heavy atom. The lowest BCUT2D eigenvalue weighted by Gasteiger charge is -2.44. The maximum Gasteiger partial charge on any atom is 0.335 e. The molecule has 1 aromatic carbocycles. The van der Waals surface area contributed by atoms with Gasteiger partial charge in [0.25, 0.3) is 5.19 Å². The van der Waals surface area contributed by atoms with Crippen molar-refractivity contribution in [3.05, 3.63) is 53.7 Å². The van der Waals surface area contributed by atoms with Crippen molar-refractivity contribution >= 4 is 27.7 Å². The minimum absolute atomic E-state index is 0.113. The van der Waals surface area contributed by atoms with E-state index in [4.69, 9.17) is 14.4 Å². The van der Waals surface area contributed by atoms with Crippen LogP contribution in [0.1, 0.15) is 42.8 Å². The maximum absolute atomic E-state index is 14.5. The summed E-state index contributed by atoms with van der Waals surface area (Å²) in [6.07, 6.45) is 3.34. The average Bonchev–Trinajstić information content (AvgIpc) is 3.54. The summed E-state index contributed by atoms with van der Waals surface area (Å²) in [7, 11) is 0. The number of carboxylic acid groups (broad SMARTS) is 1. The molecule has 0 radical (unpaired) electrons. The van der Waals surface area contributed by atoms with Gasteiger partial charge in [-0.2, -0.15) is 0 Å². The van der Waals surface area contributed by atoms with Gasteiger partial charge in [0.05, 0.1) is 24.1 Å². The SMILES string of the molecule is CC(C)C1CNCCC1(CCOc1nc2ccc(-c3ccc(C(=O)O)cc3F)nc2s1)c1cnno1. The highest BCUT2D eigenvalue weighted by molar-refractivity contribution is 7.19. The van der Waals surface area contributed by atoms with Crippen molar-refractivity contribution in [2.45, 2.75) is 32.1 Å². The molecular formula is C25H26FN5O4S. The number of hydrogen-bond donors (Lipinski definition) is 2. The van der Waals surface area contributed by atoms with Crippen LogP contribution in [0.4, 0.5) is 4.39 Å². The van der Waals surface area contributed by atoms with Crippen LogP contribution in [-0.4, -0.2) is 51.1 Å². The summed E-state index contributed by atoms with van der Waals surface area (Å²) in [5.41, 5.74) is 0.935. The smallest absolute Gasteiger partial charge is 0.335 e. The Labute approximate surface area is 210 Å². The standard InChI is InChI=1S/C25H26FN5O4S/c1-14(2)17-12-27-9-7-25(17,21-13-28-31-35-21)8-10-34-24-30-20-6-5-19(29-22(20)36-24)16-4-3-15(23(32)33)11-18(16)26/h3-6,11,13-14,17,27H,7-10,12H2,1-2H3,(H,32,33). The molecule has 0 spiro atoms. The Balaban J connectivity index is 1.34. The van der Waals surface area contributed by atoms with Crippen LogP contribution in [0, 0.1) is 17.7 Å². The maximum atomic E-state index is 14.5. The zero-order valence-corrected chi connectivity index (χ0v) is 20.7. The van der Waals surface area contributed by atoms with Gasteiger partial charge in [-0.3, -0.25) is 0 Å². The van der Waals surface area contributed by atoms with E-state index in [1.54, 1.807) is 18.3 Å². The van der Waals surface area contributed by atoms with E-state index in [0.29, 0.717) is 39.7 Å². The number of aromatic carboxylic acids is 1. The molecule has 2 N–H and O–H groups in total. The van der Waals surface area contributed by atoms with Gasteiger partial charge in [-0.05, 0) is 68.1 Å². The highest BCUT2D eigenvalue weighted by Crippen LogP contribution is 2.44. The second-order valence-corrected chi connectivity index (χ2v) is 10.3. The Kier molecular flexibility index (Phi) is 6.67. The molecular weight excluding hydrogens is 485 g/mol. The summed E-state index contributed by atoms with van der Waals surface area (Å²) < 4.78 is 26.2. The third kappa shape index (κ3) is 4.56. The fraction of sp³-hybridized carbons (Fsp3) is 0.400. The van der Waals surface area contributed by atoms with Gasteiger partial charge in [-0.1, -0.05) is 25.2 Å². The van der Waals surface area contributed by atoms with E-state index in [1.807, 2.05) is 0 Å². The average molecular weight is 512 g/mol. The predicted molar refractivity (Wildman–Crippen MR) is 132 cm³/mol. The number of halogens is 1. The van der Waals surface area contributed by atoms with Crippen LogP contribution < -0.4 is 10.1 Å². The van der Waals surface area contributed by atoms with E-state index in [1.165, 1.54) is 23.5 Å².